The molecular formula is C47H57N6O9+. The van der Waals surface area contributed by atoms with E-state index in [9.17, 15) is 44.1 Å². The number of aliphatic carboxylic acids is 1. The number of aryl methyl sites for hydroxylation is 1. The highest BCUT2D eigenvalue weighted by molar-refractivity contribution is 5.97. The lowest BCUT2D eigenvalue weighted by molar-refractivity contribution is -0.368. The summed E-state index contributed by atoms with van der Waals surface area (Å²) in [7, 11) is 1.38. The smallest absolute Gasteiger partial charge is 0.326 e. The SMILES string of the molecule is CCCCc1ccc(-c2ccc(C(=O)NCCC(=O)N[C@@H](CCCC[NH3+])C(=O)N(C)[C@@H]3C(=O)N[C@@H](C)C(=O)N[C@H](C(=O)O)Cc4ccc(O)c(c4)-c4cc3ccc4O)cc2)cc1. The zero-order chi connectivity index (χ0) is 44.9. The maximum atomic E-state index is 14.4. The molecule has 62 heavy (non-hydrogen) atoms. The summed E-state index contributed by atoms with van der Waals surface area (Å²) in [6.45, 7) is 4.11. The van der Waals surface area contributed by atoms with Crippen molar-refractivity contribution in [2.45, 2.75) is 89.4 Å². The Morgan fingerprint density at radius 1 is 0.839 bits per heavy atom. The molecule has 4 aromatic rings. The number of carboxylic acids is 1. The van der Waals surface area contributed by atoms with Crippen molar-refractivity contribution in [3.63, 3.8) is 0 Å². The summed E-state index contributed by atoms with van der Waals surface area (Å²) in [5, 5.41) is 42.3. The summed E-state index contributed by atoms with van der Waals surface area (Å²) in [6, 6.07) is 18.9. The third-order valence-corrected chi connectivity index (χ3v) is 11.0. The van der Waals surface area contributed by atoms with Crippen LogP contribution in [0.2, 0.25) is 0 Å². The molecular weight excluding hydrogens is 793 g/mol. The number of amides is 5. The number of nitrogens with zero attached hydrogens (tertiary/aromatic N) is 1. The van der Waals surface area contributed by atoms with Crippen LogP contribution in [0.4, 0.5) is 0 Å². The van der Waals surface area contributed by atoms with E-state index in [0.717, 1.165) is 35.3 Å². The number of aromatic hydroxyl groups is 2. The lowest BCUT2D eigenvalue weighted by Crippen LogP contribution is -2.55. The molecule has 5 amide bonds. The van der Waals surface area contributed by atoms with Crippen molar-refractivity contribution in [2.75, 3.05) is 20.1 Å². The first-order chi connectivity index (χ1) is 29.7. The van der Waals surface area contributed by atoms with Gasteiger partial charge in [-0.1, -0.05) is 61.9 Å². The van der Waals surface area contributed by atoms with E-state index in [2.05, 4.69) is 58.2 Å². The molecule has 1 heterocycles. The normalized spacial score (nSPS) is 16.8. The molecule has 0 saturated heterocycles. The second-order valence-corrected chi connectivity index (χ2v) is 15.7. The van der Waals surface area contributed by atoms with Gasteiger partial charge < -0.3 is 47.2 Å². The number of hydrogen-bond donors (Lipinski definition) is 8. The van der Waals surface area contributed by atoms with Crippen molar-refractivity contribution in [1.82, 2.24) is 26.2 Å². The highest BCUT2D eigenvalue weighted by Gasteiger charge is 2.36. The van der Waals surface area contributed by atoms with Gasteiger partial charge in [0.15, 0.2) is 0 Å². The van der Waals surface area contributed by atoms with Crippen LogP contribution >= 0.6 is 0 Å². The highest BCUT2D eigenvalue weighted by atomic mass is 16.4. The number of rotatable bonds is 16. The number of carbonyl (C=O) groups is 6. The van der Waals surface area contributed by atoms with E-state index < -0.39 is 53.8 Å². The number of benzene rings is 4. The van der Waals surface area contributed by atoms with Crippen LogP contribution in [0.5, 0.6) is 11.5 Å². The number of nitrogens with one attached hydrogen (secondary N) is 4. The minimum absolute atomic E-state index is 0.0146. The molecule has 10 N–H and O–H groups in total. The molecule has 328 valence electrons. The average molecular weight is 850 g/mol. The van der Waals surface area contributed by atoms with Gasteiger partial charge in [0.2, 0.25) is 23.6 Å². The van der Waals surface area contributed by atoms with Crippen molar-refractivity contribution in [1.29, 1.82) is 0 Å². The number of carbonyl (C=O) groups excluding carboxylic acids is 5. The Labute approximate surface area is 361 Å². The van der Waals surface area contributed by atoms with Crippen molar-refractivity contribution >= 4 is 35.5 Å². The van der Waals surface area contributed by atoms with E-state index in [1.807, 2.05) is 12.1 Å². The predicted octanol–water partition coefficient (Wildman–Crippen LogP) is 3.62. The van der Waals surface area contributed by atoms with Crippen LogP contribution in [0.15, 0.2) is 84.9 Å². The molecule has 4 bridgehead atoms. The van der Waals surface area contributed by atoms with Gasteiger partial charge in [-0.3, -0.25) is 24.0 Å². The van der Waals surface area contributed by atoms with Crippen LogP contribution in [-0.2, 0) is 36.8 Å². The number of carboxylic acid groups (broad SMARTS) is 1. The molecule has 1 aliphatic heterocycles. The topological polar surface area (TPSA) is 242 Å². The first-order valence-electron chi connectivity index (χ1n) is 21.0. The summed E-state index contributed by atoms with van der Waals surface area (Å²) in [6.07, 6.45) is 4.37. The van der Waals surface area contributed by atoms with Gasteiger partial charge in [0.1, 0.15) is 35.7 Å². The second-order valence-electron chi connectivity index (χ2n) is 15.7. The van der Waals surface area contributed by atoms with Crippen molar-refractivity contribution in [3.8, 4) is 33.8 Å². The van der Waals surface area contributed by atoms with E-state index in [1.54, 1.807) is 12.1 Å². The summed E-state index contributed by atoms with van der Waals surface area (Å²) in [5.41, 5.74) is 8.45. The third kappa shape index (κ3) is 12.0. The summed E-state index contributed by atoms with van der Waals surface area (Å²) in [4.78, 5) is 81.4. The first kappa shape index (κ1) is 46.3. The number of phenols is 2. The van der Waals surface area contributed by atoms with Crippen molar-refractivity contribution in [2.24, 2.45) is 0 Å². The minimum atomic E-state index is -1.43. The molecule has 0 fully saturated rings. The standard InChI is InChI=1S/C47H56N6O9/c1-4-5-8-29-10-13-31(14-11-29)32-15-17-33(18-16-32)44(58)49-24-22-41(56)51-37(9-6-7-23-48)46(60)53(3)42-34-19-21-40(55)36(27-34)35-25-30(12-20-39(35)54)26-38(47(61)62)52-43(57)28(2)50-45(42)59/h10-21,25,27-28,37-38,42,54-55H,4-9,22-24,26,48H2,1-3H3,(H,49,58)(H,50,59)(H,51,56)(H,52,57)(H,61,62)/p+1/t28-,37-,38-,42-/m0/s1. The number of quaternary nitrogens is 1. The Bertz CT molecular complexity index is 2250. The van der Waals surface area contributed by atoms with Gasteiger partial charge in [-0.2, -0.15) is 0 Å². The molecule has 15 nitrogen and oxygen atoms in total. The number of likely N-dealkylation sites (N-methyl/N-ethyl adjacent to an activating group) is 1. The number of phenolic OH excluding ortho intramolecular Hbond substituents is 2. The monoisotopic (exact) mass is 849 g/mol. The fourth-order valence-corrected chi connectivity index (χ4v) is 7.38. The lowest BCUT2D eigenvalue weighted by Gasteiger charge is -2.32. The zero-order valence-electron chi connectivity index (χ0n) is 35.4. The van der Waals surface area contributed by atoms with E-state index in [4.69, 9.17) is 0 Å². The maximum absolute atomic E-state index is 14.4. The Kier molecular flexibility index (Phi) is 16.2. The number of fused-ring (bicyclic) bond motifs is 5. The van der Waals surface area contributed by atoms with Gasteiger partial charge in [-0.05, 0) is 103 Å². The van der Waals surface area contributed by atoms with Crippen LogP contribution in [0.25, 0.3) is 22.3 Å². The molecule has 4 aromatic carbocycles. The summed E-state index contributed by atoms with van der Waals surface area (Å²) < 4.78 is 0. The summed E-state index contributed by atoms with van der Waals surface area (Å²) >= 11 is 0. The fraction of sp³-hybridized carbons (Fsp3) is 0.362. The second kappa shape index (κ2) is 21.7. The van der Waals surface area contributed by atoms with Crippen LogP contribution in [0.1, 0.15) is 85.5 Å². The molecule has 0 radical (unpaired) electrons. The van der Waals surface area contributed by atoms with Crippen molar-refractivity contribution in [3.05, 3.63) is 107 Å². The highest BCUT2D eigenvalue weighted by Crippen LogP contribution is 2.39. The van der Waals surface area contributed by atoms with Gasteiger partial charge in [0.25, 0.3) is 5.91 Å². The van der Waals surface area contributed by atoms with Gasteiger partial charge in [0, 0.05) is 43.1 Å². The predicted molar refractivity (Wildman–Crippen MR) is 233 cm³/mol. The number of unbranched alkanes of at least 4 members (excludes halogenated alkanes) is 2. The molecule has 15 heteroatoms. The molecule has 1 aliphatic rings. The quantitative estimate of drug-likeness (QED) is 0.0767. The lowest BCUT2D eigenvalue weighted by atomic mass is 9.93. The molecule has 0 spiro atoms. The molecule has 0 aliphatic carbocycles. The van der Waals surface area contributed by atoms with E-state index in [0.29, 0.717) is 30.5 Å². The molecule has 0 aromatic heterocycles. The first-order valence-corrected chi connectivity index (χ1v) is 21.0. The molecule has 4 atom stereocenters. The van der Waals surface area contributed by atoms with Gasteiger partial charge in [-0.25, -0.2) is 4.79 Å². The van der Waals surface area contributed by atoms with E-state index in [1.165, 1.54) is 55.9 Å². The van der Waals surface area contributed by atoms with E-state index in [-0.39, 0.29) is 59.9 Å². The fourth-order valence-electron chi connectivity index (χ4n) is 7.38. The van der Waals surface area contributed by atoms with E-state index >= 15 is 0 Å². The molecule has 5 rings (SSSR count). The number of hydrogen-bond acceptors (Lipinski definition) is 8. The largest absolute Gasteiger partial charge is 0.507 e. The van der Waals surface area contributed by atoms with Gasteiger partial charge in [0.05, 0.1) is 6.54 Å². The van der Waals surface area contributed by atoms with Crippen LogP contribution in [-0.4, -0.2) is 94.0 Å². The Morgan fingerprint density at radius 2 is 1.48 bits per heavy atom. The van der Waals surface area contributed by atoms with Crippen molar-refractivity contribution < 1.29 is 49.8 Å². The summed E-state index contributed by atoms with van der Waals surface area (Å²) in [5.74, 6) is -4.94. The molecule has 0 saturated carbocycles. The Hall–Kier alpha value is -6.74. The third-order valence-electron chi connectivity index (χ3n) is 11.0. The van der Waals surface area contributed by atoms with Crippen LogP contribution in [0.3, 0.4) is 0 Å². The molecule has 0 unspecified atom stereocenters. The Morgan fingerprint density at radius 3 is 2.13 bits per heavy atom. The average Bonchev–Trinajstić information content (AvgIpc) is 3.25. The zero-order valence-corrected chi connectivity index (χ0v) is 35.4. The minimum Gasteiger partial charge on any atom is -0.507 e. The van der Waals surface area contributed by atoms with Crippen LogP contribution in [0, 0.1) is 0 Å². The maximum Gasteiger partial charge on any atom is 0.326 e. The Balaban J connectivity index is 1.32. The van der Waals surface area contributed by atoms with Gasteiger partial charge in [-0.15, -0.1) is 0 Å². The van der Waals surface area contributed by atoms with Crippen LogP contribution < -0.4 is 27.0 Å². The van der Waals surface area contributed by atoms with Gasteiger partial charge >= 0.3 is 5.97 Å².